The summed E-state index contributed by atoms with van der Waals surface area (Å²) in [5.41, 5.74) is 5.94. The molecule has 0 spiro atoms. The first-order valence-electron chi connectivity index (χ1n) is 5.84. The van der Waals surface area contributed by atoms with E-state index in [1.54, 1.807) is 13.1 Å². The largest absolute Gasteiger partial charge is 0.418 e. The molecule has 0 unspecified atom stereocenters. The maximum absolute atomic E-state index is 12.9. The summed E-state index contributed by atoms with van der Waals surface area (Å²) in [7, 11) is 0. The standard InChI is InChI=1S/C13H13F3N4/c1-8-5-19-10(6-18-8)7-20-12-3-2-9(17)4-11(12)13(14,15)16/h2-6,20H,7,17H2,1H3. The Balaban J connectivity index is 2.19. The second-order valence-electron chi connectivity index (χ2n) is 4.31. The van der Waals surface area contributed by atoms with E-state index in [1.807, 2.05) is 0 Å². The Bertz CT molecular complexity index is 594. The number of nitrogens with two attached hydrogens (primary N) is 1. The van der Waals surface area contributed by atoms with Crippen LogP contribution in [0.4, 0.5) is 24.5 Å². The number of nitrogens with one attached hydrogen (secondary N) is 1. The molecule has 2 rings (SSSR count). The molecule has 0 saturated heterocycles. The molecule has 7 heteroatoms. The summed E-state index contributed by atoms with van der Waals surface area (Å²) < 4.78 is 38.7. The SMILES string of the molecule is Cc1cnc(CNc2ccc(N)cc2C(F)(F)F)cn1. The topological polar surface area (TPSA) is 63.8 Å². The minimum Gasteiger partial charge on any atom is -0.399 e. The van der Waals surface area contributed by atoms with Crippen LogP contribution >= 0.6 is 0 Å². The van der Waals surface area contributed by atoms with Crippen LogP contribution in [0.5, 0.6) is 0 Å². The molecular weight excluding hydrogens is 269 g/mol. The predicted octanol–water partition coefficient (Wildman–Crippen LogP) is 3.00. The Morgan fingerprint density at radius 3 is 2.55 bits per heavy atom. The first-order chi connectivity index (χ1) is 9.36. The van der Waals surface area contributed by atoms with Gasteiger partial charge in [-0.05, 0) is 25.1 Å². The van der Waals surface area contributed by atoms with Crippen molar-refractivity contribution in [2.75, 3.05) is 11.1 Å². The highest BCUT2D eigenvalue weighted by Crippen LogP contribution is 2.36. The molecule has 1 heterocycles. The lowest BCUT2D eigenvalue weighted by Gasteiger charge is -2.15. The van der Waals surface area contributed by atoms with E-state index < -0.39 is 11.7 Å². The molecular formula is C13H13F3N4. The lowest BCUT2D eigenvalue weighted by molar-refractivity contribution is -0.136. The molecule has 1 aromatic heterocycles. The zero-order valence-corrected chi connectivity index (χ0v) is 10.7. The molecule has 1 aromatic carbocycles. The third-order valence-electron chi connectivity index (χ3n) is 2.64. The number of rotatable bonds is 3. The van der Waals surface area contributed by atoms with Crippen molar-refractivity contribution in [1.82, 2.24) is 9.97 Å². The van der Waals surface area contributed by atoms with Crippen LogP contribution in [0.15, 0.2) is 30.6 Å². The van der Waals surface area contributed by atoms with Gasteiger partial charge in [0.25, 0.3) is 0 Å². The van der Waals surface area contributed by atoms with Crippen LogP contribution in [0.1, 0.15) is 17.0 Å². The number of halogens is 3. The highest BCUT2D eigenvalue weighted by molar-refractivity contribution is 5.59. The van der Waals surface area contributed by atoms with E-state index in [-0.39, 0.29) is 17.9 Å². The van der Waals surface area contributed by atoms with Crippen LogP contribution in [0.25, 0.3) is 0 Å². The molecule has 3 N–H and O–H groups in total. The van der Waals surface area contributed by atoms with Crippen molar-refractivity contribution in [3.63, 3.8) is 0 Å². The van der Waals surface area contributed by atoms with Crippen molar-refractivity contribution in [2.45, 2.75) is 19.6 Å². The zero-order chi connectivity index (χ0) is 14.8. The lowest BCUT2D eigenvalue weighted by Crippen LogP contribution is -2.12. The summed E-state index contributed by atoms with van der Waals surface area (Å²) in [6.07, 6.45) is -1.38. The van der Waals surface area contributed by atoms with Gasteiger partial charge in [0.1, 0.15) is 0 Å². The van der Waals surface area contributed by atoms with Gasteiger partial charge in [-0.25, -0.2) is 0 Å². The van der Waals surface area contributed by atoms with Crippen molar-refractivity contribution in [1.29, 1.82) is 0 Å². The fraction of sp³-hybridized carbons (Fsp3) is 0.231. The van der Waals surface area contributed by atoms with Gasteiger partial charge < -0.3 is 11.1 Å². The molecule has 0 saturated carbocycles. The van der Waals surface area contributed by atoms with E-state index >= 15 is 0 Å². The molecule has 0 aliphatic heterocycles. The van der Waals surface area contributed by atoms with Crippen molar-refractivity contribution in [3.8, 4) is 0 Å². The maximum atomic E-state index is 12.9. The van der Waals surface area contributed by atoms with Crippen molar-refractivity contribution >= 4 is 11.4 Å². The molecule has 0 bridgehead atoms. The van der Waals surface area contributed by atoms with Gasteiger partial charge in [-0.3, -0.25) is 9.97 Å². The third-order valence-corrected chi connectivity index (χ3v) is 2.64. The van der Waals surface area contributed by atoms with Crippen LogP contribution < -0.4 is 11.1 Å². The minimum absolute atomic E-state index is 0.0333. The Labute approximate surface area is 113 Å². The lowest BCUT2D eigenvalue weighted by atomic mass is 10.1. The van der Waals surface area contributed by atoms with Gasteiger partial charge in [-0.1, -0.05) is 0 Å². The zero-order valence-electron chi connectivity index (χ0n) is 10.7. The molecule has 0 aliphatic carbocycles. The Morgan fingerprint density at radius 2 is 1.95 bits per heavy atom. The summed E-state index contributed by atoms with van der Waals surface area (Å²) in [6.45, 7) is 1.94. The number of alkyl halides is 3. The number of anilines is 2. The van der Waals surface area contributed by atoms with Gasteiger partial charge in [0, 0.05) is 17.6 Å². The predicted molar refractivity (Wildman–Crippen MR) is 70.0 cm³/mol. The number of aryl methyl sites for hydroxylation is 1. The second-order valence-corrected chi connectivity index (χ2v) is 4.31. The first kappa shape index (κ1) is 14.1. The van der Waals surface area contributed by atoms with Crippen LogP contribution in [0.3, 0.4) is 0 Å². The quantitative estimate of drug-likeness (QED) is 0.849. The first-order valence-corrected chi connectivity index (χ1v) is 5.84. The van der Waals surface area contributed by atoms with E-state index in [1.165, 1.54) is 18.3 Å². The summed E-state index contributed by atoms with van der Waals surface area (Å²) in [5, 5.41) is 2.70. The molecule has 4 nitrogen and oxygen atoms in total. The maximum Gasteiger partial charge on any atom is 0.418 e. The van der Waals surface area contributed by atoms with E-state index in [0.29, 0.717) is 5.69 Å². The Kier molecular flexibility index (Phi) is 3.78. The molecule has 0 aliphatic rings. The molecule has 0 atom stereocenters. The molecule has 0 radical (unpaired) electrons. The highest BCUT2D eigenvalue weighted by Gasteiger charge is 2.33. The van der Waals surface area contributed by atoms with Crippen molar-refractivity contribution in [3.05, 3.63) is 47.5 Å². The van der Waals surface area contributed by atoms with Crippen molar-refractivity contribution < 1.29 is 13.2 Å². The summed E-state index contributed by atoms with van der Waals surface area (Å²) in [6, 6.07) is 3.63. The second kappa shape index (κ2) is 5.36. The summed E-state index contributed by atoms with van der Waals surface area (Å²) >= 11 is 0. The van der Waals surface area contributed by atoms with E-state index in [4.69, 9.17) is 5.73 Å². The smallest absolute Gasteiger partial charge is 0.399 e. The fourth-order valence-corrected chi connectivity index (χ4v) is 1.65. The molecule has 0 fully saturated rings. The number of benzene rings is 1. The monoisotopic (exact) mass is 282 g/mol. The summed E-state index contributed by atoms with van der Waals surface area (Å²) in [4.78, 5) is 8.10. The summed E-state index contributed by atoms with van der Waals surface area (Å²) in [5.74, 6) is 0. The van der Waals surface area contributed by atoms with Gasteiger partial charge in [-0.15, -0.1) is 0 Å². The Morgan fingerprint density at radius 1 is 1.20 bits per heavy atom. The molecule has 106 valence electrons. The number of aromatic nitrogens is 2. The number of hydrogen-bond acceptors (Lipinski definition) is 4. The van der Waals surface area contributed by atoms with E-state index in [9.17, 15) is 13.2 Å². The third kappa shape index (κ3) is 3.37. The van der Waals surface area contributed by atoms with Gasteiger partial charge in [0.15, 0.2) is 0 Å². The van der Waals surface area contributed by atoms with Crippen molar-refractivity contribution in [2.24, 2.45) is 0 Å². The minimum atomic E-state index is -4.46. The van der Waals surface area contributed by atoms with E-state index in [2.05, 4.69) is 15.3 Å². The average Bonchev–Trinajstić information content (AvgIpc) is 2.38. The van der Waals surface area contributed by atoms with Crippen LogP contribution in [-0.2, 0) is 12.7 Å². The molecule has 0 amide bonds. The van der Waals surface area contributed by atoms with E-state index in [0.717, 1.165) is 11.8 Å². The Hall–Kier alpha value is -2.31. The highest BCUT2D eigenvalue weighted by atomic mass is 19.4. The van der Waals surface area contributed by atoms with Gasteiger partial charge in [0.2, 0.25) is 0 Å². The fourth-order valence-electron chi connectivity index (χ4n) is 1.65. The number of hydrogen-bond donors (Lipinski definition) is 2. The van der Waals surface area contributed by atoms with Gasteiger partial charge in [0.05, 0.1) is 29.7 Å². The number of nitrogens with zero attached hydrogens (tertiary/aromatic N) is 2. The van der Waals surface area contributed by atoms with Gasteiger partial charge >= 0.3 is 6.18 Å². The van der Waals surface area contributed by atoms with Gasteiger partial charge in [-0.2, -0.15) is 13.2 Å². The van der Waals surface area contributed by atoms with Crippen LogP contribution in [0.2, 0.25) is 0 Å². The van der Waals surface area contributed by atoms with Crippen LogP contribution in [-0.4, -0.2) is 9.97 Å². The average molecular weight is 282 g/mol. The molecule has 20 heavy (non-hydrogen) atoms. The van der Waals surface area contributed by atoms with Crippen LogP contribution in [0, 0.1) is 6.92 Å². The molecule has 2 aromatic rings. The number of nitrogen functional groups attached to an aromatic ring is 1. The normalized spacial score (nSPS) is 11.4.